The standard InChI is InChI=1S/C25H22N4O4/c30-19-10-11-20-21(16-19)25(31)28(26-24(20)17-7-3-1-4-8-17)23-15-18(9-12-22(23)29(32)33)27-13-5-2-6-14-27/h1,3-4,7-12,15-16,30H,2,5-6,13-14H2. The van der Waals surface area contributed by atoms with E-state index < -0.39 is 10.5 Å². The second kappa shape index (κ2) is 8.38. The fraction of sp³-hybridized carbons (Fsp3) is 0.200. The Bertz CT molecular complexity index is 1410. The van der Waals surface area contributed by atoms with Gasteiger partial charge < -0.3 is 10.0 Å². The Morgan fingerprint density at radius 3 is 2.39 bits per heavy atom. The Hall–Kier alpha value is -4.20. The van der Waals surface area contributed by atoms with Crippen molar-refractivity contribution in [1.82, 2.24) is 9.78 Å². The molecule has 0 radical (unpaired) electrons. The minimum Gasteiger partial charge on any atom is -0.508 e. The first-order chi connectivity index (χ1) is 16.0. The van der Waals surface area contributed by atoms with Gasteiger partial charge in [-0.05, 0) is 49.6 Å². The number of piperidine rings is 1. The Labute approximate surface area is 189 Å². The smallest absolute Gasteiger partial charge is 0.295 e. The number of nitro groups is 1. The highest BCUT2D eigenvalue weighted by Crippen LogP contribution is 2.32. The van der Waals surface area contributed by atoms with Crippen molar-refractivity contribution in [2.24, 2.45) is 0 Å². The lowest BCUT2D eigenvalue weighted by Gasteiger charge is -2.29. The molecule has 8 heteroatoms. The van der Waals surface area contributed by atoms with E-state index >= 15 is 0 Å². The van der Waals surface area contributed by atoms with Crippen LogP contribution >= 0.6 is 0 Å². The van der Waals surface area contributed by atoms with E-state index in [9.17, 15) is 20.0 Å². The molecule has 1 aliphatic rings. The van der Waals surface area contributed by atoms with Crippen LogP contribution in [0.1, 0.15) is 19.3 Å². The lowest BCUT2D eigenvalue weighted by Crippen LogP contribution is -2.30. The summed E-state index contributed by atoms with van der Waals surface area (Å²) < 4.78 is 1.09. The SMILES string of the molecule is O=c1c2cc(O)ccc2c(-c2ccccc2)nn1-c1cc(N2CCCCC2)ccc1[N+](=O)[O-]. The van der Waals surface area contributed by atoms with Gasteiger partial charge in [0.25, 0.3) is 11.2 Å². The molecule has 0 atom stereocenters. The molecule has 0 aliphatic carbocycles. The number of aromatic nitrogens is 2. The van der Waals surface area contributed by atoms with Gasteiger partial charge >= 0.3 is 0 Å². The zero-order valence-corrected chi connectivity index (χ0v) is 17.8. The largest absolute Gasteiger partial charge is 0.508 e. The van der Waals surface area contributed by atoms with Crippen LogP contribution in [0.4, 0.5) is 11.4 Å². The number of anilines is 1. The molecule has 0 saturated carbocycles. The third kappa shape index (κ3) is 3.80. The summed E-state index contributed by atoms with van der Waals surface area (Å²) in [4.78, 5) is 27.0. The lowest BCUT2D eigenvalue weighted by molar-refractivity contribution is -0.384. The average Bonchev–Trinajstić information content (AvgIpc) is 2.85. The van der Waals surface area contributed by atoms with E-state index in [-0.39, 0.29) is 22.5 Å². The normalized spacial score (nSPS) is 13.9. The van der Waals surface area contributed by atoms with E-state index in [1.165, 1.54) is 18.2 Å². The maximum absolute atomic E-state index is 13.5. The molecule has 1 saturated heterocycles. The summed E-state index contributed by atoms with van der Waals surface area (Å²) in [5.74, 6) is -0.0621. The van der Waals surface area contributed by atoms with E-state index in [2.05, 4.69) is 10.00 Å². The van der Waals surface area contributed by atoms with Crippen LogP contribution < -0.4 is 10.5 Å². The van der Waals surface area contributed by atoms with Gasteiger partial charge in [-0.25, -0.2) is 0 Å². The molecule has 4 aromatic rings. The highest BCUT2D eigenvalue weighted by atomic mass is 16.6. The van der Waals surface area contributed by atoms with Gasteiger partial charge in [-0.1, -0.05) is 30.3 Å². The highest BCUT2D eigenvalue weighted by molar-refractivity contribution is 5.94. The number of phenolic OH excluding ortho intramolecular Hbond substituents is 1. The number of hydrogen-bond acceptors (Lipinski definition) is 6. The molecule has 1 fully saturated rings. The quantitative estimate of drug-likeness (QED) is 0.364. The Morgan fingerprint density at radius 1 is 0.909 bits per heavy atom. The van der Waals surface area contributed by atoms with Gasteiger partial charge in [0.2, 0.25) is 0 Å². The van der Waals surface area contributed by atoms with Crippen molar-refractivity contribution < 1.29 is 10.0 Å². The van der Waals surface area contributed by atoms with Gasteiger partial charge in [0.1, 0.15) is 11.4 Å². The van der Waals surface area contributed by atoms with E-state index in [4.69, 9.17) is 0 Å². The number of aromatic hydroxyl groups is 1. The van der Waals surface area contributed by atoms with Crippen molar-refractivity contribution in [3.05, 3.63) is 87.2 Å². The first kappa shape index (κ1) is 20.7. The van der Waals surface area contributed by atoms with Crippen molar-refractivity contribution >= 4 is 22.1 Å². The van der Waals surface area contributed by atoms with Crippen molar-refractivity contribution in [1.29, 1.82) is 0 Å². The van der Waals surface area contributed by atoms with E-state index in [1.54, 1.807) is 18.2 Å². The van der Waals surface area contributed by atoms with Gasteiger partial charge in [0, 0.05) is 35.8 Å². The molecule has 8 nitrogen and oxygen atoms in total. The second-order valence-corrected chi connectivity index (χ2v) is 8.14. The summed E-state index contributed by atoms with van der Waals surface area (Å²) in [5, 5.41) is 27.3. The van der Waals surface area contributed by atoms with Crippen LogP contribution in [0.2, 0.25) is 0 Å². The maximum atomic E-state index is 13.5. The number of nitrogens with zero attached hydrogens (tertiary/aromatic N) is 4. The van der Waals surface area contributed by atoms with Gasteiger partial charge in [-0.15, -0.1) is 0 Å². The first-order valence-corrected chi connectivity index (χ1v) is 10.9. The fourth-order valence-electron chi connectivity index (χ4n) is 4.39. The molecule has 2 heterocycles. The fourth-order valence-corrected chi connectivity index (χ4v) is 4.39. The molecule has 3 aromatic carbocycles. The van der Waals surface area contributed by atoms with Crippen molar-refractivity contribution in [2.45, 2.75) is 19.3 Å². The molecular weight excluding hydrogens is 420 g/mol. The summed E-state index contributed by atoms with van der Waals surface area (Å²) in [6.07, 6.45) is 3.27. The Morgan fingerprint density at radius 2 is 1.67 bits per heavy atom. The lowest BCUT2D eigenvalue weighted by atomic mass is 10.0. The van der Waals surface area contributed by atoms with Crippen LogP contribution in [0.25, 0.3) is 27.7 Å². The van der Waals surface area contributed by atoms with E-state index in [0.29, 0.717) is 11.1 Å². The molecule has 5 rings (SSSR count). The molecule has 1 aromatic heterocycles. The maximum Gasteiger partial charge on any atom is 0.295 e. The minimum atomic E-state index is -0.528. The zero-order valence-electron chi connectivity index (χ0n) is 17.8. The second-order valence-electron chi connectivity index (χ2n) is 8.14. The summed E-state index contributed by atoms with van der Waals surface area (Å²) in [6.45, 7) is 1.72. The predicted octanol–water partition coefficient (Wildman–Crippen LogP) is 4.66. The van der Waals surface area contributed by atoms with Crippen molar-refractivity contribution in [2.75, 3.05) is 18.0 Å². The molecule has 0 bridgehead atoms. The summed E-state index contributed by atoms with van der Waals surface area (Å²) >= 11 is 0. The topological polar surface area (TPSA) is 102 Å². The predicted molar refractivity (Wildman–Crippen MR) is 127 cm³/mol. The number of rotatable bonds is 4. The van der Waals surface area contributed by atoms with Crippen LogP contribution in [-0.2, 0) is 0 Å². The molecule has 0 amide bonds. The summed E-state index contributed by atoms with van der Waals surface area (Å²) in [7, 11) is 0. The number of hydrogen-bond donors (Lipinski definition) is 1. The average molecular weight is 442 g/mol. The van der Waals surface area contributed by atoms with Crippen molar-refractivity contribution in [3.63, 3.8) is 0 Å². The number of phenols is 1. The molecular formula is C25H22N4O4. The Kier molecular flexibility index (Phi) is 5.26. The molecule has 33 heavy (non-hydrogen) atoms. The van der Waals surface area contributed by atoms with Crippen LogP contribution in [-0.4, -0.2) is 32.9 Å². The first-order valence-electron chi connectivity index (χ1n) is 10.9. The zero-order chi connectivity index (χ0) is 22.9. The van der Waals surface area contributed by atoms with Gasteiger partial charge in [-0.2, -0.15) is 9.78 Å². The molecule has 1 N–H and O–H groups in total. The van der Waals surface area contributed by atoms with E-state index in [1.807, 2.05) is 30.3 Å². The van der Waals surface area contributed by atoms with Gasteiger partial charge in [-0.3, -0.25) is 14.9 Å². The van der Waals surface area contributed by atoms with E-state index in [0.717, 1.165) is 48.3 Å². The number of fused-ring (bicyclic) bond motifs is 1. The van der Waals surface area contributed by atoms with Crippen LogP contribution in [0.5, 0.6) is 5.75 Å². The van der Waals surface area contributed by atoms with Gasteiger partial charge in [0.15, 0.2) is 0 Å². The third-order valence-corrected chi connectivity index (χ3v) is 6.03. The molecule has 0 unspecified atom stereocenters. The highest BCUT2D eigenvalue weighted by Gasteiger charge is 2.23. The summed E-state index contributed by atoms with van der Waals surface area (Å²) in [5.41, 5.74) is 1.46. The minimum absolute atomic E-state index is 0.0621. The number of benzene rings is 3. The number of nitro benzene ring substituents is 1. The van der Waals surface area contributed by atoms with Crippen LogP contribution in [0.3, 0.4) is 0 Å². The summed E-state index contributed by atoms with van der Waals surface area (Å²) in [6, 6.07) is 18.7. The van der Waals surface area contributed by atoms with Crippen LogP contribution in [0, 0.1) is 10.1 Å². The monoisotopic (exact) mass is 442 g/mol. The molecule has 0 spiro atoms. The Balaban J connectivity index is 1.80. The molecule has 166 valence electrons. The third-order valence-electron chi connectivity index (χ3n) is 6.03. The van der Waals surface area contributed by atoms with Crippen molar-refractivity contribution in [3.8, 4) is 22.7 Å². The van der Waals surface area contributed by atoms with Crippen LogP contribution in [0.15, 0.2) is 71.5 Å². The van der Waals surface area contributed by atoms with Gasteiger partial charge in [0.05, 0.1) is 16.0 Å². The molecule has 1 aliphatic heterocycles.